The van der Waals surface area contributed by atoms with Crippen molar-refractivity contribution in [2.24, 2.45) is 5.73 Å². The smallest absolute Gasteiger partial charge is 0.273 e. The number of nitrogens with one attached hydrogen (secondary N) is 1. The minimum Gasteiger partial charge on any atom is -0.502 e. The molecule has 1 heterocycles. The van der Waals surface area contributed by atoms with Crippen LogP contribution in [0.15, 0.2) is 45.6 Å². The maximum absolute atomic E-state index is 11.5. The monoisotopic (exact) mass is 412 g/mol. The van der Waals surface area contributed by atoms with Crippen molar-refractivity contribution in [1.82, 2.24) is 5.32 Å². The minimum atomic E-state index is -0.639. The van der Waals surface area contributed by atoms with Crippen molar-refractivity contribution in [3.63, 3.8) is 0 Å². The molecule has 1 aromatic carbocycles. The molecule has 0 aliphatic heterocycles. The standard InChI is InChI=1S/C16H17NO5S.CH3NOS/c18-9-12-8-13(19)15(20)14(22-12)10-21-16(23)17-7-6-11-4-2-1-3-5-11;2-1(3)4/h1-5,8,18,20H,6-7,9-10H2,(H,17,23);(H3,2,3,4). The second-order valence-corrected chi connectivity index (χ2v) is 5.90. The summed E-state index contributed by atoms with van der Waals surface area (Å²) in [6.07, 6.45) is 0.782. The Kier molecular flexibility index (Phi) is 9.94. The highest BCUT2D eigenvalue weighted by Crippen LogP contribution is 2.15. The maximum Gasteiger partial charge on any atom is 0.273 e. The zero-order valence-corrected chi connectivity index (χ0v) is 16.0. The second-order valence-electron chi connectivity index (χ2n) is 5.08. The number of ether oxygens (including phenoxy) is 1. The lowest BCUT2D eigenvalue weighted by molar-refractivity contribution is 0.204. The van der Waals surface area contributed by atoms with Gasteiger partial charge in [0.25, 0.3) is 10.4 Å². The van der Waals surface area contributed by atoms with Crippen LogP contribution in [-0.4, -0.2) is 27.2 Å². The lowest BCUT2D eigenvalue weighted by Gasteiger charge is -2.10. The highest BCUT2D eigenvalue weighted by molar-refractivity contribution is 7.96. The Hall–Kier alpha value is -2.56. The van der Waals surface area contributed by atoms with Gasteiger partial charge in [0.2, 0.25) is 11.2 Å². The van der Waals surface area contributed by atoms with Crippen LogP contribution in [0.5, 0.6) is 5.75 Å². The molecule has 1 amide bonds. The fourth-order valence-electron chi connectivity index (χ4n) is 1.90. The highest BCUT2D eigenvalue weighted by Gasteiger charge is 2.12. The van der Waals surface area contributed by atoms with E-state index in [4.69, 9.17) is 31.3 Å². The van der Waals surface area contributed by atoms with E-state index in [1.807, 2.05) is 30.3 Å². The second kappa shape index (κ2) is 11.9. The van der Waals surface area contributed by atoms with Crippen LogP contribution in [-0.2, 0) is 24.4 Å². The van der Waals surface area contributed by atoms with E-state index in [0.29, 0.717) is 6.54 Å². The number of aliphatic hydroxyl groups is 1. The molecule has 0 aliphatic carbocycles. The van der Waals surface area contributed by atoms with Gasteiger partial charge in [0, 0.05) is 12.6 Å². The quantitative estimate of drug-likeness (QED) is 0.356. The summed E-state index contributed by atoms with van der Waals surface area (Å²) in [4.78, 5) is 20.6. The van der Waals surface area contributed by atoms with Gasteiger partial charge in [-0.25, -0.2) is 0 Å². The van der Waals surface area contributed by atoms with E-state index >= 15 is 0 Å². The average molecular weight is 412 g/mol. The zero-order valence-electron chi connectivity index (χ0n) is 14.3. The molecular weight excluding hydrogens is 392 g/mol. The molecule has 0 spiro atoms. The topological polar surface area (TPSA) is 135 Å². The van der Waals surface area contributed by atoms with Crippen molar-refractivity contribution >= 4 is 35.3 Å². The largest absolute Gasteiger partial charge is 0.502 e. The lowest BCUT2D eigenvalue weighted by atomic mass is 10.2. The minimum absolute atomic E-state index is 0.0503. The third-order valence-electron chi connectivity index (χ3n) is 3.06. The number of thiol groups is 1. The Morgan fingerprint density at radius 2 is 1.96 bits per heavy atom. The van der Waals surface area contributed by atoms with Gasteiger partial charge in [-0.05, 0) is 24.2 Å². The van der Waals surface area contributed by atoms with E-state index in [9.17, 15) is 9.90 Å². The molecule has 5 N–H and O–H groups in total. The van der Waals surface area contributed by atoms with Gasteiger partial charge in [-0.1, -0.05) is 43.0 Å². The molecule has 1 aromatic heterocycles. The molecule has 8 nitrogen and oxygen atoms in total. The van der Waals surface area contributed by atoms with Crippen molar-refractivity contribution < 1.29 is 24.2 Å². The number of carbonyl (C=O) groups is 1. The molecule has 0 aliphatic rings. The van der Waals surface area contributed by atoms with Gasteiger partial charge in [0.15, 0.2) is 12.4 Å². The van der Waals surface area contributed by atoms with Gasteiger partial charge in [-0.3, -0.25) is 9.59 Å². The van der Waals surface area contributed by atoms with Gasteiger partial charge in [0.05, 0.1) is 0 Å². The molecule has 0 unspecified atom stereocenters. The average Bonchev–Trinajstić information content (AvgIpc) is 2.63. The van der Waals surface area contributed by atoms with Gasteiger partial charge in [0.1, 0.15) is 12.4 Å². The van der Waals surface area contributed by atoms with Crippen molar-refractivity contribution in [2.45, 2.75) is 19.6 Å². The van der Waals surface area contributed by atoms with Gasteiger partial charge in [-0.2, -0.15) is 0 Å². The molecule has 2 aromatic rings. The summed E-state index contributed by atoms with van der Waals surface area (Å²) in [6, 6.07) is 10.9. The molecule has 0 atom stereocenters. The van der Waals surface area contributed by atoms with Crippen LogP contribution in [0, 0.1) is 0 Å². The number of hydrogen-bond acceptors (Lipinski definition) is 7. The zero-order chi connectivity index (χ0) is 20.2. The summed E-state index contributed by atoms with van der Waals surface area (Å²) < 4.78 is 10.4. The Labute approximate surface area is 166 Å². The molecule has 0 saturated carbocycles. The van der Waals surface area contributed by atoms with E-state index in [1.54, 1.807) is 0 Å². The number of carbonyl (C=O) groups excluding carboxylic acids is 1. The summed E-state index contributed by atoms with van der Waals surface area (Å²) in [5, 5.41) is 21.0. The van der Waals surface area contributed by atoms with Crippen LogP contribution in [0.1, 0.15) is 17.1 Å². The van der Waals surface area contributed by atoms with E-state index in [0.717, 1.165) is 12.5 Å². The predicted octanol–water partition coefficient (Wildman–Crippen LogP) is 1.47. The molecule has 0 bridgehead atoms. The number of hydrogen-bond donors (Lipinski definition) is 5. The number of benzene rings is 1. The summed E-state index contributed by atoms with van der Waals surface area (Å²) >= 11 is 8.13. The summed E-state index contributed by atoms with van der Waals surface area (Å²) in [5.74, 6) is -0.572. The van der Waals surface area contributed by atoms with Crippen LogP contribution in [0.3, 0.4) is 0 Å². The number of thiocarbonyl (C=S) groups is 1. The first kappa shape index (κ1) is 22.5. The first-order valence-electron chi connectivity index (χ1n) is 7.72. The number of aromatic hydroxyl groups is 1. The first-order chi connectivity index (χ1) is 12.8. The molecule has 146 valence electrons. The Morgan fingerprint density at radius 3 is 2.56 bits per heavy atom. The fraction of sp³-hybridized carbons (Fsp3) is 0.235. The number of primary amides is 1. The Bertz CT molecular complexity index is 807. The van der Waals surface area contributed by atoms with E-state index in [1.165, 1.54) is 5.56 Å². The van der Waals surface area contributed by atoms with E-state index in [-0.39, 0.29) is 23.3 Å². The first-order valence-corrected chi connectivity index (χ1v) is 8.57. The van der Waals surface area contributed by atoms with Crippen molar-refractivity contribution in [2.75, 3.05) is 6.54 Å². The lowest BCUT2D eigenvalue weighted by Crippen LogP contribution is -2.26. The van der Waals surface area contributed by atoms with Crippen LogP contribution >= 0.6 is 24.8 Å². The number of aliphatic hydroxyl groups excluding tert-OH is 1. The molecular formula is C17H20N2O6S2. The third kappa shape index (κ3) is 9.08. The molecule has 0 radical (unpaired) electrons. The van der Waals surface area contributed by atoms with Crippen molar-refractivity contribution in [1.29, 1.82) is 0 Å². The highest BCUT2D eigenvalue weighted by atomic mass is 32.1. The van der Waals surface area contributed by atoms with Gasteiger partial charge in [-0.15, -0.1) is 0 Å². The predicted molar refractivity (Wildman–Crippen MR) is 107 cm³/mol. The van der Waals surface area contributed by atoms with Crippen molar-refractivity contribution in [3.8, 4) is 5.75 Å². The van der Waals surface area contributed by atoms with Crippen LogP contribution < -0.4 is 16.5 Å². The van der Waals surface area contributed by atoms with Crippen LogP contribution in [0.4, 0.5) is 4.79 Å². The normalized spacial score (nSPS) is 9.70. The SMILES string of the molecule is NC(=O)S.O=c1cc(CO)oc(COC(=S)NCCc2ccccc2)c1O. The molecule has 0 saturated heterocycles. The van der Waals surface area contributed by atoms with E-state index in [2.05, 4.69) is 23.7 Å². The summed E-state index contributed by atoms with van der Waals surface area (Å²) in [7, 11) is 0. The van der Waals surface area contributed by atoms with Gasteiger partial charge < -0.3 is 30.4 Å². The van der Waals surface area contributed by atoms with Gasteiger partial charge >= 0.3 is 0 Å². The molecule has 10 heteroatoms. The van der Waals surface area contributed by atoms with Crippen molar-refractivity contribution in [3.05, 3.63) is 63.7 Å². The third-order valence-corrected chi connectivity index (χ3v) is 3.32. The summed E-state index contributed by atoms with van der Waals surface area (Å²) in [5.41, 5.74) is 4.87. The number of rotatable bonds is 6. The molecule has 2 rings (SSSR count). The van der Waals surface area contributed by atoms with Crippen LogP contribution in [0.25, 0.3) is 0 Å². The Balaban J connectivity index is 0.000000828. The summed E-state index contributed by atoms with van der Waals surface area (Å²) in [6.45, 7) is -0.0518. The molecule has 27 heavy (non-hydrogen) atoms. The maximum atomic E-state index is 11.5. The van der Waals surface area contributed by atoms with E-state index < -0.39 is 23.0 Å². The van der Waals surface area contributed by atoms with Crippen LogP contribution in [0.2, 0.25) is 0 Å². The Morgan fingerprint density at radius 1 is 1.33 bits per heavy atom. The number of amides is 1. The number of nitrogens with two attached hydrogens (primary N) is 1. The molecule has 0 fully saturated rings. The fourth-order valence-corrected chi connectivity index (χ4v) is 2.06.